The third-order valence-corrected chi connectivity index (χ3v) is 24.9. The molecular formula is C20H40O4S2Si4. The van der Waals surface area contributed by atoms with E-state index in [2.05, 4.69) is 78.6 Å². The van der Waals surface area contributed by atoms with Crippen LogP contribution in [0.3, 0.4) is 0 Å². The van der Waals surface area contributed by atoms with Crippen LogP contribution in [0.15, 0.2) is 42.4 Å². The first-order chi connectivity index (χ1) is 12.9. The SMILES string of the molecule is C[Si](C)(C)C1=CC=C([Si](C)(C)C)S1(=O)=O.C[Si](C)(C)C1=CC=C([Si](C)(C)C)S1(=O)=O. The number of hydrogen-bond donors (Lipinski definition) is 0. The maximum absolute atomic E-state index is 12.3. The van der Waals surface area contributed by atoms with Crippen LogP contribution in [0, 0.1) is 0 Å². The first kappa shape index (κ1) is 27.8. The van der Waals surface area contributed by atoms with E-state index >= 15 is 0 Å². The lowest BCUT2D eigenvalue weighted by molar-refractivity contribution is 0.609. The Morgan fingerprint density at radius 3 is 0.600 bits per heavy atom. The van der Waals surface area contributed by atoms with E-state index in [-0.39, 0.29) is 0 Å². The van der Waals surface area contributed by atoms with Gasteiger partial charge >= 0.3 is 0 Å². The summed E-state index contributed by atoms with van der Waals surface area (Å²) in [4.78, 5) is 0. The molecular weight excluding hydrogens is 481 g/mol. The summed E-state index contributed by atoms with van der Waals surface area (Å²) in [6.07, 6.45) is 7.37. The zero-order valence-electron chi connectivity index (χ0n) is 20.8. The molecule has 4 nitrogen and oxygen atoms in total. The maximum Gasteiger partial charge on any atom is 0.191 e. The van der Waals surface area contributed by atoms with Crippen molar-refractivity contribution in [3.63, 3.8) is 0 Å². The van der Waals surface area contributed by atoms with Crippen molar-refractivity contribution >= 4 is 52.0 Å². The number of sulfone groups is 2. The van der Waals surface area contributed by atoms with Gasteiger partial charge in [-0.1, -0.05) is 103 Å². The fourth-order valence-electron chi connectivity index (χ4n) is 3.51. The average molecular weight is 521 g/mol. The monoisotopic (exact) mass is 520 g/mol. The Morgan fingerprint density at radius 2 is 0.533 bits per heavy atom. The van der Waals surface area contributed by atoms with Gasteiger partial charge in [-0.05, 0) is 0 Å². The third kappa shape index (κ3) is 5.94. The lowest BCUT2D eigenvalue weighted by Crippen LogP contribution is -2.34. The first-order valence-corrected chi connectivity index (χ1v) is 27.3. The van der Waals surface area contributed by atoms with Crippen molar-refractivity contribution in [1.82, 2.24) is 0 Å². The summed E-state index contributed by atoms with van der Waals surface area (Å²) in [5.41, 5.74) is 0. The topological polar surface area (TPSA) is 68.3 Å². The quantitative estimate of drug-likeness (QED) is 0.434. The van der Waals surface area contributed by atoms with Gasteiger partial charge in [-0.25, -0.2) is 16.8 Å². The van der Waals surface area contributed by atoms with Crippen molar-refractivity contribution < 1.29 is 16.8 Å². The Bertz CT molecular complexity index is 876. The van der Waals surface area contributed by atoms with E-state index in [9.17, 15) is 16.8 Å². The van der Waals surface area contributed by atoms with Crippen molar-refractivity contribution in [3.05, 3.63) is 42.4 Å². The van der Waals surface area contributed by atoms with E-state index in [4.69, 9.17) is 0 Å². The van der Waals surface area contributed by atoms with E-state index < -0.39 is 52.0 Å². The summed E-state index contributed by atoms with van der Waals surface area (Å²) in [5.74, 6) is 0. The van der Waals surface area contributed by atoms with Gasteiger partial charge in [-0.15, -0.1) is 0 Å². The van der Waals surface area contributed by atoms with Crippen LogP contribution in [0.4, 0.5) is 0 Å². The van der Waals surface area contributed by atoms with E-state index in [1.165, 1.54) is 0 Å². The lowest BCUT2D eigenvalue weighted by atomic mass is 10.6. The van der Waals surface area contributed by atoms with Crippen LogP contribution in [0.1, 0.15) is 0 Å². The molecule has 0 saturated heterocycles. The van der Waals surface area contributed by atoms with Gasteiger partial charge in [0.2, 0.25) is 0 Å². The van der Waals surface area contributed by atoms with Crippen LogP contribution in [0.5, 0.6) is 0 Å². The molecule has 0 spiro atoms. The highest BCUT2D eigenvalue weighted by atomic mass is 32.2. The Balaban J connectivity index is 0.000000300. The highest BCUT2D eigenvalue weighted by molar-refractivity contribution is 8.04. The molecule has 0 atom stereocenters. The molecule has 10 heteroatoms. The van der Waals surface area contributed by atoms with Gasteiger partial charge in [0, 0.05) is 18.1 Å². The van der Waals surface area contributed by atoms with Gasteiger partial charge in [0.05, 0.1) is 32.3 Å². The fourth-order valence-corrected chi connectivity index (χ4v) is 22.1. The molecule has 0 unspecified atom stereocenters. The van der Waals surface area contributed by atoms with E-state index in [1.807, 2.05) is 24.3 Å². The number of hydrogen-bond acceptors (Lipinski definition) is 4. The van der Waals surface area contributed by atoms with Crippen LogP contribution >= 0.6 is 0 Å². The van der Waals surface area contributed by atoms with Crippen molar-refractivity contribution in [2.45, 2.75) is 78.6 Å². The molecule has 0 fully saturated rings. The van der Waals surface area contributed by atoms with Gasteiger partial charge in [-0.2, -0.15) is 0 Å². The molecule has 0 radical (unpaired) electrons. The molecule has 30 heavy (non-hydrogen) atoms. The largest absolute Gasteiger partial charge is 0.220 e. The zero-order valence-corrected chi connectivity index (χ0v) is 26.4. The first-order valence-electron chi connectivity index (χ1n) is 10.3. The summed E-state index contributed by atoms with van der Waals surface area (Å²) in [5, 5.41) is 0. The molecule has 2 aliphatic rings. The number of rotatable bonds is 4. The molecule has 172 valence electrons. The van der Waals surface area contributed by atoms with E-state index in [0.29, 0.717) is 18.1 Å². The molecule has 0 aromatic carbocycles. The molecule has 0 bridgehead atoms. The van der Waals surface area contributed by atoms with Crippen molar-refractivity contribution in [2.75, 3.05) is 0 Å². The standard InChI is InChI=1S/2C10H20O2SSi2/c2*1-14(2,3)9-7-8-10(13(9,11)12)15(4,5)6/h2*7-8H,1-6H3. The molecule has 2 aliphatic heterocycles. The minimum atomic E-state index is -3.10. The third-order valence-electron chi connectivity index (χ3n) is 4.89. The summed E-state index contributed by atoms with van der Waals surface area (Å²) in [6.45, 7) is 25.0. The zero-order chi connectivity index (χ0) is 24.1. The maximum atomic E-state index is 12.3. The predicted octanol–water partition coefficient (Wildman–Crippen LogP) is 5.87. The lowest BCUT2D eigenvalue weighted by Gasteiger charge is -2.23. The van der Waals surface area contributed by atoms with Crippen molar-refractivity contribution in [3.8, 4) is 0 Å². The minimum Gasteiger partial charge on any atom is -0.220 e. The molecule has 0 saturated carbocycles. The molecule has 0 aromatic heterocycles. The van der Waals surface area contributed by atoms with Crippen molar-refractivity contribution in [1.29, 1.82) is 0 Å². The summed E-state index contributed by atoms with van der Waals surface area (Å²) in [6, 6.07) is 0. The van der Waals surface area contributed by atoms with Gasteiger partial charge < -0.3 is 0 Å². The van der Waals surface area contributed by atoms with Crippen LogP contribution in [-0.2, 0) is 19.7 Å². The Kier molecular flexibility index (Phi) is 7.64. The average Bonchev–Trinajstić information content (AvgIpc) is 2.92. The van der Waals surface area contributed by atoms with Crippen LogP contribution < -0.4 is 0 Å². The molecule has 0 aromatic rings. The van der Waals surface area contributed by atoms with E-state index in [1.54, 1.807) is 0 Å². The van der Waals surface area contributed by atoms with Gasteiger partial charge in [0.25, 0.3) is 0 Å². The summed E-state index contributed by atoms with van der Waals surface area (Å²) >= 11 is 0. The smallest absolute Gasteiger partial charge is 0.191 e. The van der Waals surface area contributed by atoms with Gasteiger partial charge in [0.15, 0.2) is 19.7 Å². The highest BCUT2D eigenvalue weighted by Crippen LogP contribution is 2.37. The second-order valence-corrected chi connectivity index (χ2v) is 37.5. The van der Waals surface area contributed by atoms with Crippen LogP contribution in [0.25, 0.3) is 0 Å². The second-order valence-electron chi connectivity index (χ2n) is 12.1. The molecule has 2 heterocycles. The minimum absolute atomic E-state index is 0.701. The van der Waals surface area contributed by atoms with Gasteiger partial charge in [0.1, 0.15) is 0 Å². The Morgan fingerprint density at radius 1 is 0.400 bits per heavy atom. The Hall–Kier alpha value is -0.272. The number of allylic oxidation sites excluding steroid dienone is 4. The molecule has 0 aliphatic carbocycles. The molecule has 0 N–H and O–H groups in total. The normalized spacial score (nSPS) is 21.2. The highest BCUT2D eigenvalue weighted by Gasteiger charge is 2.42. The molecule has 2 rings (SSSR count). The summed E-state index contributed by atoms with van der Waals surface area (Å²) < 4.78 is 52.1. The second kappa shape index (κ2) is 8.25. The Labute approximate surface area is 189 Å². The fraction of sp³-hybridized carbons (Fsp3) is 0.600. The summed E-state index contributed by atoms with van der Waals surface area (Å²) in [7, 11) is -13.1. The molecule has 0 amide bonds. The van der Waals surface area contributed by atoms with Crippen LogP contribution in [-0.4, -0.2) is 49.1 Å². The van der Waals surface area contributed by atoms with Crippen molar-refractivity contribution in [2.24, 2.45) is 0 Å². The van der Waals surface area contributed by atoms with Gasteiger partial charge in [-0.3, -0.25) is 0 Å². The van der Waals surface area contributed by atoms with Crippen LogP contribution in [0.2, 0.25) is 78.6 Å². The predicted molar refractivity (Wildman–Crippen MR) is 144 cm³/mol. The van der Waals surface area contributed by atoms with E-state index in [0.717, 1.165) is 0 Å².